The summed E-state index contributed by atoms with van der Waals surface area (Å²) >= 11 is 6.90. The minimum atomic E-state index is -0.304. The van der Waals surface area contributed by atoms with Crippen LogP contribution in [0.15, 0.2) is 79.5 Å². The molecule has 0 amide bonds. The second-order valence-electron chi connectivity index (χ2n) is 7.37. The Morgan fingerprint density at radius 1 is 1.12 bits per heavy atom. The summed E-state index contributed by atoms with van der Waals surface area (Å²) in [6.07, 6.45) is 3.08. The maximum absolute atomic E-state index is 13.8. The number of halogens is 3. The van der Waals surface area contributed by atoms with Gasteiger partial charge in [-0.05, 0) is 70.4 Å². The van der Waals surface area contributed by atoms with Crippen molar-refractivity contribution in [2.45, 2.75) is 26.4 Å². The van der Waals surface area contributed by atoms with Crippen molar-refractivity contribution in [2.75, 3.05) is 0 Å². The van der Waals surface area contributed by atoms with Crippen molar-refractivity contribution < 1.29 is 9.13 Å². The number of nitrogens with zero attached hydrogens (tertiary/aromatic N) is 3. The Hall–Kier alpha value is -2.84. The summed E-state index contributed by atoms with van der Waals surface area (Å²) in [6, 6.07) is 17.4. The first-order chi connectivity index (χ1) is 16.0. The molecular weight excluding hydrogens is 553 g/mol. The number of rotatable bonds is 7. The molecular formula is C25H20Br2FN3O2. The minimum absolute atomic E-state index is 0.118. The van der Waals surface area contributed by atoms with Crippen molar-refractivity contribution >= 4 is 49.0 Å². The SMILES string of the molecule is CCCc1nc2ccc(Br)cc2c(=O)n1N=Cc1ccc(OCc2ccccc2F)c(Br)c1. The zero-order valence-electron chi connectivity index (χ0n) is 17.8. The average Bonchev–Trinajstić information content (AvgIpc) is 2.80. The van der Waals surface area contributed by atoms with Crippen LogP contribution in [0, 0.1) is 5.82 Å². The van der Waals surface area contributed by atoms with Crippen molar-refractivity contribution in [1.82, 2.24) is 9.66 Å². The molecule has 0 atom stereocenters. The Morgan fingerprint density at radius 2 is 1.94 bits per heavy atom. The van der Waals surface area contributed by atoms with Gasteiger partial charge in [0.1, 0.15) is 24.0 Å². The highest BCUT2D eigenvalue weighted by Crippen LogP contribution is 2.27. The van der Waals surface area contributed by atoms with E-state index in [1.807, 2.05) is 31.2 Å². The second-order valence-corrected chi connectivity index (χ2v) is 9.14. The molecule has 0 saturated heterocycles. The van der Waals surface area contributed by atoms with Crippen LogP contribution in [0.1, 0.15) is 30.3 Å². The highest BCUT2D eigenvalue weighted by Gasteiger charge is 2.11. The maximum Gasteiger partial charge on any atom is 0.282 e. The van der Waals surface area contributed by atoms with E-state index >= 15 is 0 Å². The predicted octanol–water partition coefficient (Wildman–Crippen LogP) is 6.47. The van der Waals surface area contributed by atoms with Gasteiger partial charge in [-0.15, -0.1) is 0 Å². The zero-order chi connectivity index (χ0) is 23.4. The minimum Gasteiger partial charge on any atom is -0.488 e. The molecule has 0 fully saturated rings. The van der Waals surface area contributed by atoms with Gasteiger partial charge in [-0.25, -0.2) is 9.37 Å². The van der Waals surface area contributed by atoms with E-state index < -0.39 is 0 Å². The first-order valence-electron chi connectivity index (χ1n) is 10.4. The molecule has 0 bridgehead atoms. The first kappa shape index (κ1) is 23.3. The maximum atomic E-state index is 13.8. The van der Waals surface area contributed by atoms with Crippen LogP contribution in [0.25, 0.3) is 10.9 Å². The van der Waals surface area contributed by atoms with E-state index in [-0.39, 0.29) is 18.0 Å². The third kappa shape index (κ3) is 5.39. The number of aromatic nitrogens is 2. The fourth-order valence-corrected chi connectivity index (χ4v) is 4.18. The third-order valence-corrected chi connectivity index (χ3v) is 6.08. The van der Waals surface area contributed by atoms with Gasteiger partial charge in [0.25, 0.3) is 5.56 Å². The van der Waals surface area contributed by atoms with Crippen LogP contribution >= 0.6 is 31.9 Å². The molecule has 0 unspecified atom stereocenters. The lowest BCUT2D eigenvalue weighted by atomic mass is 10.2. The first-order valence-corrected chi connectivity index (χ1v) is 12.0. The lowest BCUT2D eigenvalue weighted by molar-refractivity contribution is 0.298. The highest BCUT2D eigenvalue weighted by atomic mass is 79.9. The van der Waals surface area contributed by atoms with Crippen molar-refractivity contribution in [3.63, 3.8) is 0 Å². The van der Waals surface area contributed by atoms with Gasteiger partial charge in [0.05, 0.1) is 21.6 Å². The molecule has 0 spiro atoms. The molecule has 3 aromatic carbocycles. The number of aryl methyl sites for hydroxylation is 1. The number of hydrogen-bond acceptors (Lipinski definition) is 4. The van der Waals surface area contributed by atoms with Crippen LogP contribution in [0.3, 0.4) is 0 Å². The summed E-state index contributed by atoms with van der Waals surface area (Å²) in [5.41, 5.74) is 1.68. The van der Waals surface area contributed by atoms with E-state index in [9.17, 15) is 9.18 Å². The lowest BCUT2D eigenvalue weighted by Gasteiger charge is -2.10. The normalized spacial score (nSPS) is 11.4. The predicted molar refractivity (Wildman–Crippen MR) is 136 cm³/mol. The smallest absolute Gasteiger partial charge is 0.282 e. The van der Waals surface area contributed by atoms with Gasteiger partial charge in [-0.2, -0.15) is 9.78 Å². The van der Waals surface area contributed by atoms with Crippen LogP contribution < -0.4 is 10.3 Å². The van der Waals surface area contributed by atoms with E-state index in [1.165, 1.54) is 10.7 Å². The van der Waals surface area contributed by atoms with Gasteiger partial charge in [0.2, 0.25) is 0 Å². The van der Waals surface area contributed by atoms with Crippen LogP contribution in [0.5, 0.6) is 5.75 Å². The number of fused-ring (bicyclic) bond motifs is 1. The van der Waals surface area contributed by atoms with Gasteiger partial charge in [-0.1, -0.05) is 41.1 Å². The Bertz CT molecular complexity index is 1400. The summed E-state index contributed by atoms with van der Waals surface area (Å²) in [5, 5.41) is 4.94. The van der Waals surface area contributed by atoms with Crippen LogP contribution in [-0.4, -0.2) is 15.9 Å². The summed E-state index contributed by atoms with van der Waals surface area (Å²) < 4.78 is 22.4. The van der Waals surface area contributed by atoms with Gasteiger partial charge >= 0.3 is 0 Å². The topological polar surface area (TPSA) is 56.5 Å². The molecule has 1 heterocycles. The Labute approximate surface area is 207 Å². The van der Waals surface area contributed by atoms with E-state index in [2.05, 4.69) is 41.9 Å². The molecule has 0 aliphatic heterocycles. The molecule has 0 aliphatic rings. The van der Waals surface area contributed by atoms with E-state index in [0.717, 1.165) is 16.5 Å². The molecule has 1 aromatic heterocycles. The summed E-state index contributed by atoms with van der Waals surface area (Å²) in [5.74, 6) is 0.885. The van der Waals surface area contributed by atoms with Crippen molar-refractivity contribution in [1.29, 1.82) is 0 Å². The molecule has 0 radical (unpaired) electrons. The lowest BCUT2D eigenvalue weighted by Crippen LogP contribution is -2.22. The van der Waals surface area contributed by atoms with Crippen LogP contribution in [0.4, 0.5) is 4.39 Å². The molecule has 4 aromatic rings. The Balaban J connectivity index is 1.60. The zero-order valence-corrected chi connectivity index (χ0v) is 20.9. The van der Waals surface area contributed by atoms with E-state index in [0.29, 0.717) is 38.9 Å². The molecule has 0 aliphatic carbocycles. The van der Waals surface area contributed by atoms with Crippen molar-refractivity contribution in [2.24, 2.45) is 5.10 Å². The molecule has 4 rings (SSSR count). The van der Waals surface area contributed by atoms with Crippen molar-refractivity contribution in [3.05, 3.63) is 103 Å². The standard InChI is InChI=1S/C25H20Br2FN3O2/c1-2-5-24-30-22-10-9-18(26)13-19(22)25(32)31(24)29-14-16-8-11-23(20(27)12-16)33-15-17-6-3-4-7-21(17)28/h3-4,6-14H,2,5,15H2,1H3. The second kappa shape index (κ2) is 10.4. The van der Waals surface area contributed by atoms with Gasteiger partial charge < -0.3 is 4.74 Å². The summed E-state index contributed by atoms with van der Waals surface area (Å²) in [7, 11) is 0. The van der Waals surface area contributed by atoms with Crippen LogP contribution in [-0.2, 0) is 13.0 Å². The molecule has 8 heteroatoms. The molecule has 0 saturated carbocycles. The van der Waals surface area contributed by atoms with E-state index in [1.54, 1.807) is 36.5 Å². The number of ether oxygens (including phenoxy) is 1. The highest BCUT2D eigenvalue weighted by molar-refractivity contribution is 9.10. The fraction of sp³-hybridized carbons (Fsp3) is 0.160. The number of hydrogen-bond donors (Lipinski definition) is 0. The Morgan fingerprint density at radius 3 is 2.70 bits per heavy atom. The van der Waals surface area contributed by atoms with Crippen LogP contribution in [0.2, 0.25) is 0 Å². The monoisotopic (exact) mass is 571 g/mol. The Kier molecular flexibility index (Phi) is 7.35. The third-order valence-electron chi connectivity index (χ3n) is 4.97. The molecule has 33 heavy (non-hydrogen) atoms. The number of benzene rings is 3. The summed E-state index contributed by atoms with van der Waals surface area (Å²) in [4.78, 5) is 17.7. The fourth-order valence-electron chi connectivity index (χ4n) is 3.31. The summed E-state index contributed by atoms with van der Waals surface area (Å²) in [6.45, 7) is 2.15. The quantitative estimate of drug-likeness (QED) is 0.238. The van der Waals surface area contributed by atoms with Gasteiger partial charge in [0.15, 0.2) is 0 Å². The average molecular weight is 573 g/mol. The largest absolute Gasteiger partial charge is 0.488 e. The van der Waals surface area contributed by atoms with Crippen molar-refractivity contribution in [3.8, 4) is 5.75 Å². The van der Waals surface area contributed by atoms with E-state index in [4.69, 9.17) is 4.74 Å². The van der Waals surface area contributed by atoms with Gasteiger partial charge in [0, 0.05) is 16.5 Å². The molecule has 168 valence electrons. The molecule has 0 N–H and O–H groups in total. The molecule has 5 nitrogen and oxygen atoms in total. The van der Waals surface area contributed by atoms with Gasteiger partial charge in [-0.3, -0.25) is 4.79 Å².